The van der Waals surface area contributed by atoms with Crippen molar-refractivity contribution in [2.45, 2.75) is 31.8 Å². The van der Waals surface area contributed by atoms with Crippen LogP contribution in [0.2, 0.25) is 0 Å². The third-order valence-electron chi connectivity index (χ3n) is 5.68. The molecule has 0 spiro atoms. The Labute approximate surface area is 200 Å². The van der Waals surface area contributed by atoms with Crippen LogP contribution in [0.4, 0.5) is 0 Å². The van der Waals surface area contributed by atoms with Gasteiger partial charge in [0.15, 0.2) is 0 Å². The van der Waals surface area contributed by atoms with Crippen LogP contribution < -0.4 is 5.56 Å². The summed E-state index contributed by atoms with van der Waals surface area (Å²) in [5, 5.41) is 0.843. The number of nitrogens with zero attached hydrogens (tertiary/aromatic N) is 4. The Bertz CT molecular complexity index is 1680. The van der Waals surface area contributed by atoms with E-state index in [0.717, 1.165) is 22.7 Å². The second kappa shape index (κ2) is 8.71. The lowest BCUT2D eigenvalue weighted by Gasteiger charge is -2.23. The van der Waals surface area contributed by atoms with E-state index in [-0.39, 0.29) is 23.5 Å². The first-order valence-corrected chi connectivity index (χ1v) is 12.7. The van der Waals surface area contributed by atoms with Gasteiger partial charge < -0.3 is 4.98 Å². The fourth-order valence-corrected chi connectivity index (χ4v) is 6.34. The number of H-pyrrole nitrogens is 1. The molecule has 172 valence electrons. The number of pyridine rings is 2. The largest absolute Gasteiger partial charge is 0.322 e. The number of benzene rings is 2. The third-order valence-corrected chi connectivity index (χ3v) is 8.19. The quantitative estimate of drug-likeness (QED) is 0.385. The summed E-state index contributed by atoms with van der Waals surface area (Å²) in [6.45, 7) is 3.65. The van der Waals surface area contributed by atoms with Gasteiger partial charge in [-0.1, -0.05) is 23.8 Å². The molecule has 0 aliphatic heterocycles. The van der Waals surface area contributed by atoms with Crippen LogP contribution in [0.3, 0.4) is 0 Å². The number of nitrogens with one attached hydrogen (secondary N) is 1. The predicted octanol–water partition coefficient (Wildman–Crippen LogP) is 3.94. The molecule has 5 rings (SSSR count). The van der Waals surface area contributed by atoms with Crippen molar-refractivity contribution in [2.75, 3.05) is 0 Å². The lowest BCUT2D eigenvalue weighted by Crippen LogP contribution is -2.33. The first-order chi connectivity index (χ1) is 16.3. The number of hydrogen-bond acceptors (Lipinski definition) is 7. The summed E-state index contributed by atoms with van der Waals surface area (Å²) in [6.07, 6.45) is 3.25. The first-order valence-electron chi connectivity index (χ1n) is 10.6. The average Bonchev–Trinajstić information content (AvgIpc) is 3.28. The number of aryl methyl sites for hydroxylation is 2. The molecule has 8 nitrogen and oxygen atoms in total. The molecule has 0 unspecified atom stereocenters. The summed E-state index contributed by atoms with van der Waals surface area (Å²) in [5.74, 6) is 0. The molecule has 3 aromatic heterocycles. The third kappa shape index (κ3) is 4.11. The lowest BCUT2D eigenvalue weighted by molar-refractivity contribution is 0.399. The van der Waals surface area contributed by atoms with Crippen molar-refractivity contribution in [3.05, 3.63) is 93.5 Å². The minimum Gasteiger partial charge on any atom is -0.322 e. The molecule has 0 aliphatic carbocycles. The number of sulfonamides is 1. The highest BCUT2D eigenvalue weighted by molar-refractivity contribution is 7.89. The molecule has 0 amide bonds. The molecule has 0 atom stereocenters. The smallest absolute Gasteiger partial charge is 0.252 e. The van der Waals surface area contributed by atoms with Crippen molar-refractivity contribution in [2.24, 2.45) is 0 Å². The molecule has 0 saturated heterocycles. The number of rotatable bonds is 6. The zero-order valence-corrected chi connectivity index (χ0v) is 20.2. The van der Waals surface area contributed by atoms with Gasteiger partial charge in [0.2, 0.25) is 10.0 Å². The molecule has 1 N–H and O–H groups in total. The van der Waals surface area contributed by atoms with Crippen LogP contribution in [0.25, 0.3) is 21.9 Å². The first kappa shape index (κ1) is 22.3. The molecule has 34 heavy (non-hydrogen) atoms. The van der Waals surface area contributed by atoms with E-state index >= 15 is 0 Å². The van der Waals surface area contributed by atoms with Crippen molar-refractivity contribution < 1.29 is 8.42 Å². The number of aromatic amines is 1. The van der Waals surface area contributed by atoms with Crippen LogP contribution in [0.1, 0.15) is 22.3 Å². The van der Waals surface area contributed by atoms with Crippen LogP contribution in [-0.2, 0) is 23.1 Å². The molecule has 5 aromatic rings. The minimum atomic E-state index is -4.05. The van der Waals surface area contributed by atoms with E-state index in [1.807, 2.05) is 25.1 Å². The summed E-state index contributed by atoms with van der Waals surface area (Å²) in [5.41, 5.74) is 3.91. The molecule has 3 heterocycles. The number of fused-ring (bicyclic) bond motifs is 2. The van der Waals surface area contributed by atoms with Crippen molar-refractivity contribution >= 4 is 43.7 Å². The van der Waals surface area contributed by atoms with Gasteiger partial charge in [0.25, 0.3) is 5.56 Å². The molecular formula is C24H21N5O3S2. The maximum Gasteiger partial charge on any atom is 0.252 e. The van der Waals surface area contributed by atoms with E-state index in [1.54, 1.807) is 49.6 Å². The number of aromatic nitrogens is 4. The zero-order chi connectivity index (χ0) is 23.9. The monoisotopic (exact) mass is 491 g/mol. The Morgan fingerprint density at radius 2 is 1.88 bits per heavy atom. The molecule has 10 heteroatoms. The lowest BCUT2D eigenvalue weighted by atomic mass is 10.1. The van der Waals surface area contributed by atoms with Crippen LogP contribution >= 0.6 is 11.7 Å². The van der Waals surface area contributed by atoms with Gasteiger partial charge >= 0.3 is 0 Å². The fraction of sp³-hybridized carbons (Fsp3) is 0.167. The van der Waals surface area contributed by atoms with Gasteiger partial charge in [-0.15, -0.1) is 0 Å². The number of hydrogen-bond donors (Lipinski definition) is 1. The highest BCUT2D eigenvalue weighted by Crippen LogP contribution is 2.30. The molecular weight excluding hydrogens is 470 g/mol. The molecule has 0 bridgehead atoms. The topological polar surface area (TPSA) is 109 Å². The van der Waals surface area contributed by atoms with Gasteiger partial charge in [0, 0.05) is 36.6 Å². The highest BCUT2D eigenvalue weighted by atomic mass is 32.2. The van der Waals surface area contributed by atoms with E-state index in [4.69, 9.17) is 0 Å². The SMILES string of the molecule is Cc1ccc2[nH]c(=O)c(CN(Cc3cccnc3)S(=O)(=O)c3c(C)ccc4nsnc34)cc2c1. The maximum atomic E-state index is 14.0. The van der Waals surface area contributed by atoms with Gasteiger partial charge in [-0.05, 0) is 60.7 Å². The van der Waals surface area contributed by atoms with E-state index in [0.29, 0.717) is 33.2 Å². The van der Waals surface area contributed by atoms with Crippen LogP contribution in [0.15, 0.2) is 70.6 Å². The summed E-state index contributed by atoms with van der Waals surface area (Å²) in [7, 11) is -4.05. The Hall–Kier alpha value is -3.47. The van der Waals surface area contributed by atoms with E-state index in [9.17, 15) is 13.2 Å². The second-order valence-corrected chi connectivity index (χ2v) is 10.6. The maximum absolute atomic E-state index is 14.0. The van der Waals surface area contributed by atoms with Crippen molar-refractivity contribution in [1.29, 1.82) is 0 Å². The second-order valence-electron chi connectivity index (χ2n) is 8.19. The van der Waals surface area contributed by atoms with E-state index < -0.39 is 10.0 Å². The van der Waals surface area contributed by atoms with E-state index in [2.05, 4.69) is 18.7 Å². The van der Waals surface area contributed by atoms with Gasteiger partial charge in [-0.2, -0.15) is 13.1 Å². The molecule has 0 radical (unpaired) electrons. The Morgan fingerprint density at radius 1 is 1.03 bits per heavy atom. The van der Waals surface area contributed by atoms with Gasteiger partial charge in [0.1, 0.15) is 15.9 Å². The van der Waals surface area contributed by atoms with E-state index in [1.165, 1.54) is 4.31 Å². The minimum absolute atomic E-state index is 0.0505. The van der Waals surface area contributed by atoms with Gasteiger partial charge in [-0.25, -0.2) is 8.42 Å². The standard InChI is InChI=1S/C24H21N5O3S2/c1-15-5-7-20-18(10-15)11-19(24(30)26-20)14-29(13-17-4-3-9-25-12-17)34(31,32)23-16(2)6-8-21-22(23)28-33-27-21/h3-12H,13-14H2,1-2H3,(H,26,30). The normalized spacial score (nSPS) is 12.1. The molecule has 2 aromatic carbocycles. The van der Waals surface area contributed by atoms with Crippen molar-refractivity contribution in [1.82, 2.24) is 23.0 Å². The Balaban J connectivity index is 1.65. The summed E-state index contributed by atoms with van der Waals surface area (Å²) < 4.78 is 37.8. The summed E-state index contributed by atoms with van der Waals surface area (Å²) in [6, 6.07) is 14.5. The van der Waals surface area contributed by atoms with Crippen molar-refractivity contribution in [3.8, 4) is 0 Å². The zero-order valence-electron chi connectivity index (χ0n) is 18.5. The van der Waals surface area contributed by atoms with Gasteiger partial charge in [0.05, 0.1) is 11.7 Å². The Morgan fingerprint density at radius 3 is 2.68 bits per heavy atom. The molecule has 0 fully saturated rings. The van der Waals surface area contributed by atoms with Gasteiger partial charge in [-0.3, -0.25) is 9.78 Å². The van der Waals surface area contributed by atoms with Crippen LogP contribution in [-0.4, -0.2) is 31.4 Å². The Kier molecular flexibility index (Phi) is 5.72. The highest BCUT2D eigenvalue weighted by Gasteiger charge is 2.30. The van der Waals surface area contributed by atoms with Crippen LogP contribution in [0.5, 0.6) is 0 Å². The predicted molar refractivity (Wildman–Crippen MR) is 132 cm³/mol. The summed E-state index contributed by atoms with van der Waals surface area (Å²) in [4.78, 5) is 20.0. The van der Waals surface area contributed by atoms with Crippen molar-refractivity contribution in [3.63, 3.8) is 0 Å². The average molecular weight is 492 g/mol. The van der Waals surface area contributed by atoms with Crippen LogP contribution in [0, 0.1) is 13.8 Å². The fourth-order valence-electron chi connectivity index (χ4n) is 3.98. The molecule has 0 saturated carbocycles. The summed E-state index contributed by atoms with van der Waals surface area (Å²) >= 11 is 0.969. The molecule has 0 aliphatic rings.